The summed E-state index contributed by atoms with van der Waals surface area (Å²) in [5, 5.41) is 9.01. The third-order valence-electron chi connectivity index (χ3n) is 2.39. The van der Waals surface area contributed by atoms with E-state index in [1.165, 1.54) is 0 Å². The highest BCUT2D eigenvalue weighted by Crippen LogP contribution is 2.26. The van der Waals surface area contributed by atoms with Crippen molar-refractivity contribution < 1.29 is 23.1 Å². The smallest absolute Gasteiger partial charge is 0.257 e. The van der Waals surface area contributed by atoms with E-state index < -0.39 is 34.7 Å². The van der Waals surface area contributed by atoms with Gasteiger partial charge in [0.1, 0.15) is 0 Å². The maximum absolute atomic E-state index is 13.5. The van der Waals surface area contributed by atoms with E-state index in [4.69, 9.17) is 16.7 Å². The van der Waals surface area contributed by atoms with Gasteiger partial charge in [0.2, 0.25) is 5.82 Å². The lowest BCUT2D eigenvalue weighted by Gasteiger charge is -2.20. The second-order valence-electron chi connectivity index (χ2n) is 3.46. The number of rotatable bonds is 4. The Bertz CT molecular complexity index is 468. The molecule has 1 aromatic carbocycles. The van der Waals surface area contributed by atoms with Crippen molar-refractivity contribution in [3.05, 3.63) is 29.1 Å². The van der Waals surface area contributed by atoms with Crippen LogP contribution >= 0.6 is 11.6 Å². The summed E-state index contributed by atoms with van der Waals surface area (Å²) >= 11 is 5.46. The molecule has 0 aliphatic heterocycles. The van der Waals surface area contributed by atoms with Gasteiger partial charge in [-0.15, -0.1) is 11.6 Å². The van der Waals surface area contributed by atoms with E-state index in [1.807, 2.05) is 0 Å². The molecule has 0 bridgehead atoms. The van der Waals surface area contributed by atoms with Crippen molar-refractivity contribution in [3.8, 4) is 5.75 Å². The van der Waals surface area contributed by atoms with Gasteiger partial charge < -0.3 is 10.0 Å². The van der Waals surface area contributed by atoms with Crippen LogP contribution in [0.15, 0.2) is 6.07 Å². The van der Waals surface area contributed by atoms with Gasteiger partial charge >= 0.3 is 0 Å². The predicted octanol–water partition coefficient (Wildman–Crippen LogP) is 2.51. The number of phenolic OH excluding ortho intramolecular Hbond substituents is 1. The van der Waals surface area contributed by atoms with Crippen molar-refractivity contribution in [2.75, 3.05) is 19.0 Å². The molecule has 0 aliphatic rings. The Morgan fingerprint density at radius 2 is 2.00 bits per heavy atom. The van der Waals surface area contributed by atoms with E-state index >= 15 is 0 Å². The van der Waals surface area contributed by atoms with Gasteiger partial charge in [-0.2, -0.15) is 4.39 Å². The number of carbonyl (C=O) groups is 1. The predicted molar refractivity (Wildman–Crippen MR) is 60.3 cm³/mol. The topological polar surface area (TPSA) is 40.5 Å². The molecule has 0 saturated heterocycles. The minimum absolute atomic E-state index is 0.122. The van der Waals surface area contributed by atoms with Crippen molar-refractivity contribution in [1.29, 1.82) is 0 Å². The highest BCUT2D eigenvalue weighted by molar-refractivity contribution is 6.18. The average molecular weight is 282 g/mol. The maximum Gasteiger partial charge on any atom is 0.257 e. The molecule has 7 heteroatoms. The summed E-state index contributed by atoms with van der Waals surface area (Å²) in [5.74, 6) is -6.92. The largest absolute Gasteiger partial charge is 0.503 e. The van der Waals surface area contributed by atoms with E-state index in [2.05, 4.69) is 0 Å². The first kappa shape index (κ1) is 14.6. The quantitative estimate of drug-likeness (QED) is 0.680. The van der Waals surface area contributed by atoms with Crippen molar-refractivity contribution >= 4 is 17.5 Å². The zero-order valence-corrected chi connectivity index (χ0v) is 10.3. The van der Waals surface area contributed by atoms with Crippen LogP contribution in [0.1, 0.15) is 17.3 Å². The summed E-state index contributed by atoms with van der Waals surface area (Å²) in [6.07, 6.45) is 0. The zero-order valence-electron chi connectivity index (χ0n) is 9.51. The number of hydrogen-bond acceptors (Lipinski definition) is 2. The molecule has 0 spiro atoms. The van der Waals surface area contributed by atoms with Crippen LogP contribution in [-0.2, 0) is 0 Å². The normalized spacial score (nSPS) is 10.5. The van der Waals surface area contributed by atoms with Crippen LogP contribution in [-0.4, -0.2) is 34.9 Å². The highest BCUT2D eigenvalue weighted by Gasteiger charge is 2.25. The molecule has 1 aromatic rings. The van der Waals surface area contributed by atoms with Gasteiger partial charge in [-0.05, 0) is 13.0 Å². The zero-order chi connectivity index (χ0) is 13.9. The Morgan fingerprint density at radius 3 is 2.50 bits per heavy atom. The Morgan fingerprint density at radius 1 is 1.39 bits per heavy atom. The third-order valence-corrected chi connectivity index (χ3v) is 2.56. The molecule has 0 unspecified atom stereocenters. The summed E-state index contributed by atoms with van der Waals surface area (Å²) in [7, 11) is 0. The molecule has 0 aromatic heterocycles. The molecular formula is C11H11ClF3NO2. The number of benzene rings is 1. The summed E-state index contributed by atoms with van der Waals surface area (Å²) in [6, 6.07) is 0.420. The van der Waals surface area contributed by atoms with Gasteiger partial charge in [-0.3, -0.25) is 4.79 Å². The lowest BCUT2D eigenvalue weighted by Crippen LogP contribution is -2.33. The molecule has 1 amide bonds. The minimum atomic E-state index is -1.72. The highest BCUT2D eigenvalue weighted by atomic mass is 35.5. The SMILES string of the molecule is CCN(CCCl)C(=O)c1cc(F)c(F)c(O)c1F. The van der Waals surface area contributed by atoms with Crippen molar-refractivity contribution in [1.82, 2.24) is 4.90 Å². The number of amides is 1. The second-order valence-corrected chi connectivity index (χ2v) is 3.83. The second kappa shape index (κ2) is 5.95. The summed E-state index contributed by atoms with van der Waals surface area (Å²) in [4.78, 5) is 13.0. The van der Waals surface area contributed by atoms with Crippen LogP contribution in [0.25, 0.3) is 0 Å². The Kier molecular flexibility index (Phi) is 4.84. The van der Waals surface area contributed by atoms with Gasteiger partial charge in [0, 0.05) is 19.0 Å². The monoisotopic (exact) mass is 281 g/mol. The number of nitrogens with zero attached hydrogens (tertiary/aromatic N) is 1. The fourth-order valence-corrected chi connectivity index (χ4v) is 1.63. The molecule has 18 heavy (non-hydrogen) atoms. The van der Waals surface area contributed by atoms with Crippen LogP contribution in [0.3, 0.4) is 0 Å². The van der Waals surface area contributed by atoms with Gasteiger partial charge in [0.05, 0.1) is 5.56 Å². The molecule has 0 aliphatic carbocycles. The first-order chi connectivity index (χ1) is 8.43. The Hall–Kier alpha value is -1.43. The lowest BCUT2D eigenvalue weighted by molar-refractivity contribution is 0.0767. The van der Waals surface area contributed by atoms with Crippen LogP contribution in [0.5, 0.6) is 5.75 Å². The number of halogens is 4. The first-order valence-corrected chi connectivity index (χ1v) is 5.69. The average Bonchev–Trinajstić information content (AvgIpc) is 2.37. The van der Waals surface area contributed by atoms with Crippen molar-refractivity contribution in [3.63, 3.8) is 0 Å². The van der Waals surface area contributed by atoms with E-state index in [-0.39, 0.29) is 19.0 Å². The van der Waals surface area contributed by atoms with Crippen molar-refractivity contribution in [2.45, 2.75) is 6.92 Å². The molecular weight excluding hydrogens is 271 g/mol. The fraction of sp³-hybridized carbons (Fsp3) is 0.364. The van der Waals surface area contributed by atoms with Gasteiger partial charge in [0.15, 0.2) is 17.4 Å². The number of phenols is 1. The molecule has 0 radical (unpaired) electrons. The van der Waals surface area contributed by atoms with Gasteiger partial charge in [-0.25, -0.2) is 8.78 Å². The Labute approximate surface area is 107 Å². The molecule has 100 valence electrons. The third kappa shape index (κ3) is 2.69. The molecule has 0 atom stereocenters. The number of carbonyl (C=O) groups excluding carboxylic acids is 1. The van der Waals surface area contributed by atoms with E-state index in [1.54, 1.807) is 6.92 Å². The molecule has 0 saturated carbocycles. The molecule has 1 rings (SSSR count). The van der Waals surface area contributed by atoms with Gasteiger partial charge in [0.25, 0.3) is 5.91 Å². The van der Waals surface area contributed by atoms with Crippen LogP contribution in [0.4, 0.5) is 13.2 Å². The van der Waals surface area contributed by atoms with Crippen molar-refractivity contribution in [2.24, 2.45) is 0 Å². The number of hydrogen-bond donors (Lipinski definition) is 1. The van der Waals surface area contributed by atoms with Crippen LogP contribution in [0, 0.1) is 17.5 Å². The summed E-state index contributed by atoms with van der Waals surface area (Å²) in [6.45, 7) is 1.99. The number of alkyl halides is 1. The van der Waals surface area contributed by atoms with Crippen LogP contribution in [0.2, 0.25) is 0 Å². The molecule has 3 nitrogen and oxygen atoms in total. The molecule has 0 heterocycles. The number of aromatic hydroxyl groups is 1. The first-order valence-electron chi connectivity index (χ1n) is 5.15. The lowest BCUT2D eigenvalue weighted by atomic mass is 10.1. The van der Waals surface area contributed by atoms with E-state index in [0.717, 1.165) is 4.90 Å². The minimum Gasteiger partial charge on any atom is -0.503 e. The molecule has 1 N–H and O–H groups in total. The van der Waals surface area contributed by atoms with Crippen LogP contribution < -0.4 is 0 Å². The van der Waals surface area contributed by atoms with Gasteiger partial charge in [-0.1, -0.05) is 0 Å². The maximum atomic E-state index is 13.5. The Balaban J connectivity index is 3.21. The van der Waals surface area contributed by atoms with E-state index in [9.17, 15) is 18.0 Å². The standard InChI is InChI=1S/C11H11ClF3NO2/c1-2-16(4-3-12)11(18)6-5-7(13)9(15)10(17)8(6)14/h5,17H,2-4H2,1H3. The van der Waals surface area contributed by atoms with E-state index in [0.29, 0.717) is 6.07 Å². The molecule has 0 fully saturated rings. The summed E-state index contributed by atoms with van der Waals surface area (Å²) in [5.41, 5.74) is -0.724. The fourth-order valence-electron chi connectivity index (χ4n) is 1.42. The summed E-state index contributed by atoms with van der Waals surface area (Å²) < 4.78 is 39.4.